The van der Waals surface area contributed by atoms with Crippen LogP contribution in [0.25, 0.3) is 22.3 Å². The van der Waals surface area contributed by atoms with Crippen LogP contribution in [0.5, 0.6) is 17.2 Å². The van der Waals surface area contributed by atoms with Gasteiger partial charge in [-0.25, -0.2) is 9.97 Å². The molecule has 194 valence electrons. The number of carbonyl (C=O) groups is 2. The molecule has 6 rings (SSSR count). The van der Waals surface area contributed by atoms with Crippen LogP contribution in [0.2, 0.25) is 0 Å². The highest BCUT2D eigenvalue weighted by molar-refractivity contribution is 6.01. The monoisotopic (exact) mass is 513 g/mol. The molecule has 1 fully saturated rings. The molecule has 2 aromatic heterocycles. The van der Waals surface area contributed by atoms with Crippen molar-refractivity contribution in [3.8, 4) is 28.6 Å². The fourth-order valence-electron chi connectivity index (χ4n) is 5.28. The Bertz CT molecular complexity index is 1530. The number of aromatic nitrogens is 4. The van der Waals surface area contributed by atoms with Crippen molar-refractivity contribution in [3.05, 3.63) is 60.0 Å². The van der Waals surface area contributed by atoms with E-state index >= 15 is 0 Å². The topological polar surface area (TPSA) is 120 Å². The minimum Gasteiger partial charge on any atom is -0.494 e. The predicted molar refractivity (Wildman–Crippen MR) is 139 cm³/mol. The lowest BCUT2D eigenvalue weighted by Gasteiger charge is -2.44. The number of methoxy groups -OCH3 is 1. The molecule has 10 heteroatoms. The van der Waals surface area contributed by atoms with Crippen molar-refractivity contribution >= 4 is 22.6 Å². The molecule has 0 radical (unpaired) electrons. The Hall–Kier alpha value is -4.47. The zero-order valence-electron chi connectivity index (χ0n) is 21.2. The van der Waals surface area contributed by atoms with E-state index in [1.807, 2.05) is 37.3 Å². The fraction of sp³-hybridized carbons (Fsp3) is 0.321. The molecular formula is C28H27N5O5. The van der Waals surface area contributed by atoms with E-state index in [0.717, 1.165) is 10.9 Å². The van der Waals surface area contributed by atoms with Gasteiger partial charge in [0.05, 0.1) is 25.7 Å². The van der Waals surface area contributed by atoms with E-state index < -0.39 is 5.60 Å². The van der Waals surface area contributed by atoms with Gasteiger partial charge in [0.25, 0.3) is 5.91 Å². The molecule has 0 atom stereocenters. The van der Waals surface area contributed by atoms with Gasteiger partial charge in [-0.2, -0.15) is 5.10 Å². The highest BCUT2D eigenvalue weighted by atomic mass is 16.5. The Morgan fingerprint density at radius 1 is 1.16 bits per heavy atom. The number of H-pyrrole nitrogens is 1. The summed E-state index contributed by atoms with van der Waals surface area (Å²) in [5.41, 5.74) is 1.57. The summed E-state index contributed by atoms with van der Waals surface area (Å²) in [7, 11) is 1.58. The second kappa shape index (κ2) is 9.44. The molecule has 2 aromatic carbocycles. The van der Waals surface area contributed by atoms with Gasteiger partial charge in [0.15, 0.2) is 11.6 Å². The number of carbonyl (C=O) groups excluding carboxylic acids is 2. The van der Waals surface area contributed by atoms with Crippen LogP contribution in [0.4, 0.5) is 0 Å². The van der Waals surface area contributed by atoms with Crippen molar-refractivity contribution in [3.63, 3.8) is 0 Å². The largest absolute Gasteiger partial charge is 0.494 e. The highest BCUT2D eigenvalue weighted by Gasteiger charge is 2.44. The van der Waals surface area contributed by atoms with E-state index in [1.54, 1.807) is 24.1 Å². The number of nitrogens with one attached hydrogen (secondary N) is 1. The first-order chi connectivity index (χ1) is 18.5. The normalized spacial score (nSPS) is 16.3. The average molecular weight is 514 g/mol. The van der Waals surface area contributed by atoms with Gasteiger partial charge in [-0.3, -0.25) is 14.7 Å². The molecule has 4 heterocycles. The summed E-state index contributed by atoms with van der Waals surface area (Å²) in [6.07, 6.45) is 2.78. The van der Waals surface area contributed by atoms with Gasteiger partial charge in [0.2, 0.25) is 0 Å². The van der Waals surface area contributed by atoms with E-state index in [2.05, 4.69) is 20.2 Å². The minimum atomic E-state index is -0.634. The van der Waals surface area contributed by atoms with E-state index in [0.29, 0.717) is 72.4 Å². The number of ether oxygens (including phenoxy) is 3. The summed E-state index contributed by atoms with van der Waals surface area (Å²) < 4.78 is 17.7. The van der Waals surface area contributed by atoms with Crippen molar-refractivity contribution in [2.24, 2.45) is 0 Å². The van der Waals surface area contributed by atoms with Crippen LogP contribution in [-0.2, 0) is 0 Å². The van der Waals surface area contributed by atoms with Gasteiger partial charge in [-0.1, -0.05) is 6.07 Å². The molecule has 10 nitrogen and oxygen atoms in total. The Balaban J connectivity index is 1.21. The third-order valence-corrected chi connectivity index (χ3v) is 7.24. The molecule has 0 saturated carbocycles. The molecule has 1 N–H and O–H groups in total. The SMILES string of the molecule is CCOc1cc(C(=O)N2CCC3(CC2)CC(=O)c2cc(-c4ncn[nH]4)ccc2O3)nc2c(OC)cccc12. The van der Waals surface area contributed by atoms with Crippen molar-refractivity contribution in [1.82, 2.24) is 25.1 Å². The Morgan fingerprint density at radius 3 is 2.74 bits per heavy atom. The Labute approximate surface area is 218 Å². The number of likely N-dealkylation sites (tertiary alicyclic amines) is 1. The zero-order valence-corrected chi connectivity index (χ0v) is 21.2. The van der Waals surface area contributed by atoms with Crippen LogP contribution in [-0.4, -0.2) is 69.2 Å². The average Bonchev–Trinajstić information content (AvgIpc) is 3.48. The molecule has 0 unspecified atom stereocenters. The third-order valence-electron chi connectivity index (χ3n) is 7.24. The van der Waals surface area contributed by atoms with Crippen LogP contribution in [0.1, 0.15) is 47.0 Å². The quantitative estimate of drug-likeness (QED) is 0.424. The van der Waals surface area contributed by atoms with Crippen molar-refractivity contribution in [1.29, 1.82) is 0 Å². The maximum atomic E-state index is 13.5. The number of rotatable bonds is 5. The predicted octanol–water partition coefficient (Wildman–Crippen LogP) is 4.07. The smallest absolute Gasteiger partial charge is 0.272 e. The lowest BCUT2D eigenvalue weighted by Crippen LogP contribution is -2.52. The second-order valence-corrected chi connectivity index (χ2v) is 9.52. The van der Waals surface area contributed by atoms with E-state index in [-0.39, 0.29) is 18.1 Å². The molecule has 4 aromatic rings. The minimum absolute atomic E-state index is 0.0250. The van der Waals surface area contributed by atoms with Gasteiger partial charge < -0.3 is 19.1 Å². The fourth-order valence-corrected chi connectivity index (χ4v) is 5.28. The standard InChI is InChI=1S/C28H27N5O5/c1-3-37-24-14-20(31-25-18(24)5-4-6-23(25)36-2)27(35)33-11-9-28(10-12-33)15-21(34)19-13-17(7-8-22(19)38-28)26-29-16-30-32-26/h4-8,13-14,16H,3,9-12,15H2,1-2H3,(H,29,30,32). The number of Topliss-reactive ketones (excluding diaryl/α,β-unsaturated/α-hetero) is 1. The van der Waals surface area contributed by atoms with Crippen molar-refractivity contribution in [2.45, 2.75) is 31.8 Å². The number of hydrogen-bond donors (Lipinski definition) is 1. The number of piperidine rings is 1. The summed E-state index contributed by atoms with van der Waals surface area (Å²) >= 11 is 0. The molecule has 1 amide bonds. The molecule has 0 aliphatic carbocycles. The summed E-state index contributed by atoms with van der Waals surface area (Å²) in [5.74, 6) is 2.17. The van der Waals surface area contributed by atoms with Crippen LogP contribution in [0, 0.1) is 0 Å². The number of aromatic amines is 1. The molecule has 2 aliphatic rings. The van der Waals surface area contributed by atoms with Gasteiger partial charge in [-0.15, -0.1) is 0 Å². The maximum absolute atomic E-state index is 13.5. The number of para-hydroxylation sites is 1. The first-order valence-corrected chi connectivity index (χ1v) is 12.6. The van der Waals surface area contributed by atoms with Gasteiger partial charge in [0, 0.05) is 42.9 Å². The van der Waals surface area contributed by atoms with Crippen molar-refractivity contribution < 1.29 is 23.8 Å². The van der Waals surface area contributed by atoms with Crippen LogP contribution in [0.3, 0.4) is 0 Å². The molecule has 1 saturated heterocycles. The zero-order chi connectivity index (χ0) is 26.3. The lowest BCUT2D eigenvalue weighted by molar-refractivity contribution is -0.00584. The first-order valence-electron chi connectivity index (χ1n) is 12.6. The third kappa shape index (κ3) is 4.11. The number of ketones is 1. The summed E-state index contributed by atoms with van der Waals surface area (Å²) in [6, 6.07) is 12.7. The van der Waals surface area contributed by atoms with Gasteiger partial charge in [0.1, 0.15) is 40.4 Å². The van der Waals surface area contributed by atoms with Crippen LogP contribution in [0.15, 0.2) is 48.8 Å². The number of fused-ring (bicyclic) bond motifs is 2. The number of amides is 1. The van der Waals surface area contributed by atoms with Gasteiger partial charge in [-0.05, 0) is 37.3 Å². The molecular weight excluding hydrogens is 486 g/mol. The van der Waals surface area contributed by atoms with E-state index in [9.17, 15) is 9.59 Å². The lowest BCUT2D eigenvalue weighted by atomic mass is 9.82. The Kier molecular flexibility index (Phi) is 5.94. The molecule has 2 aliphatic heterocycles. The number of hydrogen-bond acceptors (Lipinski definition) is 8. The Morgan fingerprint density at radius 2 is 2.00 bits per heavy atom. The number of benzene rings is 2. The highest BCUT2D eigenvalue weighted by Crippen LogP contribution is 2.41. The van der Waals surface area contributed by atoms with Gasteiger partial charge >= 0.3 is 0 Å². The molecule has 0 bridgehead atoms. The number of pyridine rings is 1. The summed E-state index contributed by atoms with van der Waals surface area (Å²) in [6.45, 7) is 3.26. The molecule has 38 heavy (non-hydrogen) atoms. The summed E-state index contributed by atoms with van der Waals surface area (Å²) in [5, 5.41) is 7.48. The van der Waals surface area contributed by atoms with E-state index in [4.69, 9.17) is 14.2 Å². The van der Waals surface area contributed by atoms with Crippen molar-refractivity contribution in [2.75, 3.05) is 26.8 Å². The van der Waals surface area contributed by atoms with Crippen LogP contribution >= 0.6 is 0 Å². The second-order valence-electron chi connectivity index (χ2n) is 9.52. The summed E-state index contributed by atoms with van der Waals surface area (Å²) in [4.78, 5) is 37.3. The molecule has 1 spiro atoms. The van der Waals surface area contributed by atoms with Crippen LogP contribution < -0.4 is 14.2 Å². The maximum Gasteiger partial charge on any atom is 0.272 e. The first kappa shape index (κ1) is 23.9. The number of nitrogens with zero attached hydrogens (tertiary/aromatic N) is 4. The van der Waals surface area contributed by atoms with E-state index in [1.165, 1.54) is 6.33 Å².